The Morgan fingerprint density at radius 2 is 1.81 bits per heavy atom. The molecule has 31 heavy (non-hydrogen) atoms. The molecule has 0 radical (unpaired) electrons. The number of aromatic nitrogens is 1. The number of carbonyl (C=O) groups is 2. The highest BCUT2D eigenvalue weighted by atomic mass is 19.4. The number of methoxy groups -OCH3 is 1. The van der Waals surface area contributed by atoms with Crippen molar-refractivity contribution in [2.45, 2.75) is 12.6 Å². The lowest BCUT2D eigenvalue weighted by atomic mass is 10.2. The molecule has 1 saturated heterocycles. The Morgan fingerprint density at radius 1 is 1.10 bits per heavy atom. The average Bonchev–Trinajstić information content (AvgIpc) is 2.78. The minimum Gasteiger partial charge on any atom is -0.496 e. The van der Waals surface area contributed by atoms with E-state index in [9.17, 15) is 22.8 Å². The molecular weight excluding hydrogens is 413 g/mol. The second kappa shape index (κ2) is 9.67. The molecule has 1 aromatic carbocycles. The van der Waals surface area contributed by atoms with E-state index < -0.39 is 11.7 Å². The number of pyridine rings is 1. The first-order valence-corrected chi connectivity index (χ1v) is 9.77. The van der Waals surface area contributed by atoms with Gasteiger partial charge in [-0.25, -0.2) is 4.98 Å². The van der Waals surface area contributed by atoms with Crippen LogP contribution in [0.5, 0.6) is 5.75 Å². The van der Waals surface area contributed by atoms with Crippen molar-refractivity contribution in [1.29, 1.82) is 0 Å². The lowest BCUT2D eigenvalue weighted by molar-refractivity contribution is -0.137. The summed E-state index contributed by atoms with van der Waals surface area (Å²) in [6.45, 7) is 2.00. The second-order valence-corrected chi connectivity index (χ2v) is 6.98. The summed E-state index contributed by atoms with van der Waals surface area (Å²) >= 11 is 0. The smallest absolute Gasteiger partial charge is 0.417 e. The van der Waals surface area contributed by atoms with Crippen LogP contribution < -0.4 is 15.0 Å². The van der Waals surface area contributed by atoms with Crippen LogP contribution in [0.2, 0.25) is 0 Å². The summed E-state index contributed by atoms with van der Waals surface area (Å²) in [5.41, 5.74) is -0.393. The monoisotopic (exact) mass is 436 g/mol. The third-order valence-electron chi connectivity index (χ3n) is 5.01. The number of anilines is 1. The van der Waals surface area contributed by atoms with Crippen LogP contribution in [0.4, 0.5) is 19.0 Å². The molecule has 2 heterocycles. The number of piperazine rings is 1. The maximum absolute atomic E-state index is 12.7. The molecule has 0 aliphatic carbocycles. The molecule has 1 fully saturated rings. The first-order valence-electron chi connectivity index (χ1n) is 9.77. The van der Waals surface area contributed by atoms with Gasteiger partial charge in [-0.2, -0.15) is 13.2 Å². The lowest BCUT2D eigenvalue weighted by Crippen LogP contribution is -2.49. The normalized spacial score (nSPS) is 14.3. The molecule has 1 N–H and O–H groups in total. The van der Waals surface area contributed by atoms with Crippen molar-refractivity contribution in [2.75, 3.05) is 44.7 Å². The number of carbonyl (C=O) groups excluding carboxylic acids is 2. The summed E-state index contributed by atoms with van der Waals surface area (Å²) < 4.78 is 43.1. The molecule has 0 atom stereocenters. The van der Waals surface area contributed by atoms with E-state index in [1.54, 1.807) is 29.2 Å². The molecule has 166 valence electrons. The van der Waals surface area contributed by atoms with Crippen LogP contribution >= 0.6 is 0 Å². The summed E-state index contributed by atoms with van der Waals surface area (Å²) in [6, 6.07) is 9.17. The Labute approximate surface area is 177 Å². The van der Waals surface area contributed by atoms with Crippen LogP contribution in [-0.2, 0) is 11.0 Å². The molecule has 2 aromatic rings. The van der Waals surface area contributed by atoms with Crippen LogP contribution in [0.15, 0.2) is 42.6 Å². The SMILES string of the molecule is COc1ccccc1C(=O)NCCC(=O)N1CCN(c2ccc(C(F)(F)F)cn2)CC1. The summed E-state index contributed by atoms with van der Waals surface area (Å²) in [6.07, 6.45) is -3.45. The fourth-order valence-corrected chi connectivity index (χ4v) is 3.29. The number of nitrogens with one attached hydrogen (secondary N) is 1. The van der Waals surface area contributed by atoms with Crippen LogP contribution in [0.25, 0.3) is 0 Å². The van der Waals surface area contributed by atoms with E-state index >= 15 is 0 Å². The van der Waals surface area contributed by atoms with Gasteiger partial charge in [-0.05, 0) is 24.3 Å². The van der Waals surface area contributed by atoms with E-state index in [2.05, 4.69) is 10.3 Å². The van der Waals surface area contributed by atoms with Crippen molar-refractivity contribution in [2.24, 2.45) is 0 Å². The lowest BCUT2D eigenvalue weighted by Gasteiger charge is -2.35. The topological polar surface area (TPSA) is 74.8 Å². The summed E-state index contributed by atoms with van der Waals surface area (Å²) in [7, 11) is 1.48. The Hall–Kier alpha value is -3.30. The predicted molar refractivity (Wildman–Crippen MR) is 108 cm³/mol. The van der Waals surface area contributed by atoms with Gasteiger partial charge in [0.25, 0.3) is 5.91 Å². The molecule has 10 heteroatoms. The Kier molecular flexibility index (Phi) is 6.98. The number of benzene rings is 1. The van der Waals surface area contributed by atoms with Crippen molar-refractivity contribution in [3.63, 3.8) is 0 Å². The van der Waals surface area contributed by atoms with Crippen LogP contribution in [0, 0.1) is 0 Å². The largest absolute Gasteiger partial charge is 0.496 e. The van der Waals surface area contributed by atoms with Crippen molar-refractivity contribution < 1.29 is 27.5 Å². The molecule has 0 saturated carbocycles. The molecule has 2 amide bonds. The second-order valence-electron chi connectivity index (χ2n) is 6.98. The molecule has 0 spiro atoms. The number of rotatable bonds is 6. The minimum atomic E-state index is -4.42. The minimum absolute atomic E-state index is 0.0969. The quantitative estimate of drug-likeness (QED) is 0.754. The van der Waals surface area contributed by atoms with Gasteiger partial charge in [0.2, 0.25) is 5.91 Å². The van der Waals surface area contributed by atoms with Crippen LogP contribution in [-0.4, -0.2) is 61.5 Å². The number of halogens is 3. The molecular formula is C21H23F3N4O3. The van der Waals surface area contributed by atoms with Gasteiger partial charge in [0.15, 0.2) is 0 Å². The number of hydrogen-bond donors (Lipinski definition) is 1. The fraction of sp³-hybridized carbons (Fsp3) is 0.381. The van der Waals surface area contributed by atoms with E-state index in [4.69, 9.17) is 4.74 Å². The van der Waals surface area contributed by atoms with Gasteiger partial charge in [-0.1, -0.05) is 12.1 Å². The molecule has 1 aliphatic heterocycles. The third kappa shape index (κ3) is 5.65. The zero-order valence-electron chi connectivity index (χ0n) is 17.0. The number of ether oxygens (including phenoxy) is 1. The maximum atomic E-state index is 12.7. The summed E-state index contributed by atoms with van der Waals surface area (Å²) in [5.74, 6) is 0.493. The predicted octanol–water partition coefficient (Wildman–Crippen LogP) is 2.58. The zero-order valence-corrected chi connectivity index (χ0v) is 17.0. The number of alkyl halides is 3. The van der Waals surface area contributed by atoms with Crippen LogP contribution in [0.3, 0.4) is 0 Å². The Morgan fingerprint density at radius 3 is 2.42 bits per heavy atom. The van der Waals surface area contributed by atoms with Crippen molar-refractivity contribution in [3.8, 4) is 5.75 Å². The van der Waals surface area contributed by atoms with Gasteiger partial charge in [0, 0.05) is 45.3 Å². The number of amides is 2. The van der Waals surface area contributed by atoms with Crippen molar-refractivity contribution >= 4 is 17.6 Å². The summed E-state index contributed by atoms with van der Waals surface area (Å²) in [4.78, 5) is 32.1. The van der Waals surface area contributed by atoms with E-state index in [-0.39, 0.29) is 24.8 Å². The maximum Gasteiger partial charge on any atom is 0.417 e. The van der Waals surface area contributed by atoms with Gasteiger partial charge in [-0.3, -0.25) is 9.59 Å². The number of nitrogens with zero attached hydrogens (tertiary/aromatic N) is 3. The average molecular weight is 436 g/mol. The van der Waals surface area contributed by atoms with E-state index in [1.807, 2.05) is 4.90 Å². The van der Waals surface area contributed by atoms with E-state index in [0.29, 0.717) is 43.3 Å². The van der Waals surface area contributed by atoms with Gasteiger partial charge in [-0.15, -0.1) is 0 Å². The van der Waals surface area contributed by atoms with Gasteiger partial charge >= 0.3 is 6.18 Å². The standard InChI is InChI=1S/C21H23F3N4O3/c1-31-17-5-3-2-4-16(17)20(30)25-9-8-19(29)28-12-10-27(11-13-28)18-7-6-15(14-26-18)21(22,23)24/h2-7,14H,8-13H2,1H3,(H,25,30). The van der Waals surface area contributed by atoms with E-state index in [0.717, 1.165) is 12.3 Å². The molecule has 1 aliphatic rings. The highest BCUT2D eigenvalue weighted by molar-refractivity contribution is 5.97. The Balaban J connectivity index is 1.44. The molecule has 3 rings (SSSR count). The number of hydrogen-bond acceptors (Lipinski definition) is 5. The van der Waals surface area contributed by atoms with Crippen LogP contribution in [0.1, 0.15) is 22.3 Å². The third-order valence-corrected chi connectivity index (χ3v) is 5.01. The first kappa shape index (κ1) is 22.4. The molecule has 7 nitrogen and oxygen atoms in total. The molecule has 0 bridgehead atoms. The highest BCUT2D eigenvalue weighted by Gasteiger charge is 2.31. The van der Waals surface area contributed by atoms with Gasteiger partial charge in [0.1, 0.15) is 11.6 Å². The summed E-state index contributed by atoms with van der Waals surface area (Å²) in [5, 5.41) is 2.72. The fourth-order valence-electron chi connectivity index (χ4n) is 3.29. The van der Waals surface area contributed by atoms with Gasteiger partial charge < -0.3 is 19.9 Å². The first-order chi connectivity index (χ1) is 14.8. The van der Waals surface area contributed by atoms with E-state index in [1.165, 1.54) is 13.2 Å². The highest BCUT2D eigenvalue weighted by Crippen LogP contribution is 2.29. The zero-order chi connectivity index (χ0) is 22.4. The van der Waals surface area contributed by atoms with Crippen molar-refractivity contribution in [1.82, 2.24) is 15.2 Å². The number of para-hydroxylation sites is 1. The Bertz CT molecular complexity index is 911. The molecule has 1 aromatic heterocycles. The van der Waals surface area contributed by atoms with Crippen molar-refractivity contribution in [3.05, 3.63) is 53.7 Å². The van der Waals surface area contributed by atoms with Gasteiger partial charge in [0.05, 0.1) is 18.2 Å². The molecule has 0 unspecified atom stereocenters.